The van der Waals surface area contributed by atoms with Crippen molar-refractivity contribution in [1.82, 2.24) is 0 Å². The third-order valence-corrected chi connectivity index (χ3v) is 4.80. The normalized spacial score (nSPS) is 14.9. The van der Waals surface area contributed by atoms with E-state index in [9.17, 15) is 14.4 Å². The highest BCUT2D eigenvalue weighted by Crippen LogP contribution is 2.22. The second-order valence-corrected chi connectivity index (χ2v) is 6.93. The molecule has 0 unspecified atom stereocenters. The van der Waals surface area contributed by atoms with Crippen LogP contribution in [0.15, 0.2) is 42.5 Å². The van der Waals surface area contributed by atoms with Gasteiger partial charge in [0.1, 0.15) is 0 Å². The summed E-state index contributed by atoms with van der Waals surface area (Å²) in [5, 5.41) is 0. The minimum absolute atomic E-state index is 0.0954. The van der Waals surface area contributed by atoms with Crippen LogP contribution in [0.4, 0.5) is 5.69 Å². The fraction of sp³-hybridized carbons (Fsp3) is 0.318. The molecule has 5 nitrogen and oxygen atoms in total. The number of hydrogen-bond donors (Lipinski definition) is 0. The van der Waals surface area contributed by atoms with Gasteiger partial charge in [0.2, 0.25) is 11.7 Å². The number of aryl methyl sites for hydroxylation is 2. The molecule has 2 aromatic carbocycles. The van der Waals surface area contributed by atoms with Crippen molar-refractivity contribution in [3.63, 3.8) is 0 Å². The summed E-state index contributed by atoms with van der Waals surface area (Å²) in [5.41, 5.74) is 3.53. The molecule has 1 aliphatic heterocycles. The number of ether oxygens (including phenoxy) is 1. The summed E-state index contributed by atoms with van der Waals surface area (Å²) in [7, 11) is 0. The van der Waals surface area contributed by atoms with Crippen LogP contribution in [0.5, 0.6) is 0 Å². The van der Waals surface area contributed by atoms with Crippen molar-refractivity contribution in [1.29, 1.82) is 0 Å². The number of benzene rings is 2. The quantitative estimate of drug-likeness (QED) is 0.596. The van der Waals surface area contributed by atoms with Crippen LogP contribution in [0.1, 0.15) is 51.6 Å². The van der Waals surface area contributed by atoms with Crippen LogP contribution in [0.25, 0.3) is 0 Å². The Morgan fingerprint density at radius 1 is 1.07 bits per heavy atom. The Bertz CT molecular complexity index is 886. The van der Waals surface area contributed by atoms with Gasteiger partial charge < -0.3 is 9.64 Å². The van der Waals surface area contributed by atoms with Gasteiger partial charge in [-0.1, -0.05) is 17.7 Å². The van der Waals surface area contributed by atoms with Crippen molar-refractivity contribution in [3.05, 3.63) is 64.7 Å². The van der Waals surface area contributed by atoms with Gasteiger partial charge in [-0.15, -0.1) is 0 Å². The number of amides is 1. The fourth-order valence-electron chi connectivity index (χ4n) is 3.20. The van der Waals surface area contributed by atoms with E-state index < -0.39 is 12.1 Å². The van der Waals surface area contributed by atoms with Gasteiger partial charge in [0, 0.05) is 24.2 Å². The van der Waals surface area contributed by atoms with Gasteiger partial charge in [-0.3, -0.25) is 9.59 Å². The molecule has 0 bridgehead atoms. The molecule has 1 amide bonds. The van der Waals surface area contributed by atoms with Crippen LogP contribution in [0.2, 0.25) is 0 Å². The number of anilines is 1. The summed E-state index contributed by atoms with van der Waals surface area (Å²) >= 11 is 0. The molecule has 2 aromatic rings. The lowest BCUT2D eigenvalue weighted by Crippen LogP contribution is -2.25. The third-order valence-electron chi connectivity index (χ3n) is 4.80. The maximum atomic E-state index is 12.6. The lowest BCUT2D eigenvalue weighted by atomic mass is 9.99. The van der Waals surface area contributed by atoms with Gasteiger partial charge >= 0.3 is 5.97 Å². The van der Waals surface area contributed by atoms with Crippen molar-refractivity contribution >= 4 is 23.3 Å². The van der Waals surface area contributed by atoms with Gasteiger partial charge in [-0.25, -0.2) is 4.79 Å². The standard InChI is InChI=1S/C22H23NO4/c1-14-6-7-15(2)19(13-14)21(25)16(3)27-22(26)17-8-10-18(11-9-17)23-12-4-5-20(23)24/h6-11,13,16H,4-5,12H2,1-3H3/t16-/m0/s1. The van der Waals surface area contributed by atoms with E-state index in [2.05, 4.69) is 0 Å². The maximum absolute atomic E-state index is 12.6. The lowest BCUT2D eigenvalue weighted by molar-refractivity contribution is -0.117. The molecule has 0 aromatic heterocycles. The van der Waals surface area contributed by atoms with Crippen LogP contribution in [-0.2, 0) is 9.53 Å². The summed E-state index contributed by atoms with van der Waals surface area (Å²) in [6.45, 7) is 6.06. The molecule has 140 valence electrons. The molecule has 1 heterocycles. The zero-order valence-electron chi connectivity index (χ0n) is 15.8. The molecule has 0 saturated carbocycles. The number of esters is 1. The maximum Gasteiger partial charge on any atom is 0.338 e. The van der Waals surface area contributed by atoms with Crippen molar-refractivity contribution in [2.75, 3.05) is 11.4 Å². The molecule has 5 heteroatoms. The summed E-state index contributed by atoms with van der Waals surface area (Å²) in [5.74, 6) is -0.678. The Kier molecular flexibility index (Phi) is 5.40. The average Bonchev–Trinajstić information content (AvgIpc) is 3.09. The molecular formula is C22H23NO4. The second kappa shape index (κ2) is 7.74. The number of rotatable bonds is 5. The predicted molar refractivity (Wildman–Crippen MR) is 103 cm³/mol. The first-order valence-electron chi connectivity index (χ1n) is 9.09. The minimum atomic E-state index is -0.877. The van der Waals surface area contributed by atoms with Gasteiger partial charge in [-0.2, -0.15) is 0 Å². The Balaban J connectivity index is 1.68. The van der Waals surface area contributed by atoms with Gasteiger partial charge in [-0.05, 0) is 63.1 Å². The molecule has 1 atom stereocenters. The van der Waals surface area contributed by atoms with Gasteiger partial charge in [0.25, 0.3) is 0 Å². The first-order chi connectivity index (χ1) is 12.9. The highest BCUT2D eigenvalue weighted by molar-refractivity contribution is 6.02. The van der Waals surface area contributed by atoms with Crippen molar-refractivity contribution in [2.24, 2.45) is 0 Å². The number of Topliss-reactive ketones (excluding diaryl/α,β-unsaturated/α-hetero) is 1. The number of nitrogens with zero attached hydrogens (tertiary/aromatic N) is 1. The Morgan fingerprint density at radius 2 is 1.78 bits per heavy atom. The molecule has 0 spiro atoms. The minimum Gasteiger partial charge on any atom is -0.451 e. The van der Waals surface area contributed by atoms with E-state index in [1.807, 2.05) is 32.0 Å². The van der Waals surface area contributed by atoms with E-state index in [4.69, 9.17) is 4.74 Å². The summed E-state index contributed by atoms with van der Waals surface area (Å²) < 4.78 is 5.36. The van der Waals surface area contributed by atoms with E-state index in [0.29, 0.717) is 24.1 Å². The highest BCUT2D eigenvalue weighted by Gasteiger charge is 2.24. The van der Waals surface area contributed by atoms with Crippen molar-refractivity contribution < 1.29 is 19.1 Å². The summed E-state index contributed by atoms with van der Waals surface area (Å²) in [4.78, 5) is 38.5. The van der Waals surface area contributed by atoms with Crippen LogP contribution in [0, 0.1) is 13.8 Å². The molecule has 1 aliphatic rings. The van der Waals surface area contributed by atoms with Gasteiger partial charge in [0.15, 0.2) is 6.10 Å². The number of carbonyl (C=O) groups is 3. The summed E-state index contributed by atoms with van der Waals surface area (Å²) in [6, 6.07) is 12.3. The average molecular weight is 365 g/mol. The topological polar surface area (TPSA) is 63.7 Å². The molecule has 3 rings (SSSR count). The number of hydrogen-bond acceptors (Lipinski definition) is 4. The molecule has 0 radical (unpaired) electrons. The predicted octanol–water partition coefficient (Wildman–Crippen LogP) is 3.86. The van der Waals surface area contributed by atoms with Gasteiger partial charge in [0.05, 0.1) is 5.56 Å². The van der Waals surface area contributed by atoms with E-state index in [-0.39, 0.29) is 11.7 Å². The van der Waals surface area contributed by atoms with Crippen molar-refractivity contribution in [2.45, 2.75) is 39.7 Å². The molecule has 1 fully saturated rings. The second-order valence-electron chi connectivity index (χ2n) is 6.93. The van der Waals surface area contributed by atoms with Crippen LogP contribution in [-0.4, -0.2) is 30.3 Å². The Labute approximate surface area is 158 Å². The Morgan fingerprint density at radius 3 is 2.41 bits per heavy atom. The third kappa shape index (κ3) is 4.08. The highest BCUT2D eigenvalue weighted by atomic mass is 16.5. The Hall–Kier alpha value is -2.95. The zero-order chi connectivity index (χ0) is 19.6. The van der Waals surface area contributed by atoms with Crippen LogP contribution < -0.4 is 4.90 Å². The van der Waals surface area contributed by atoms with E-state index in [0.717, 1.165) is 23.2 Å². The lowest BCUT2D eigenvalue weighted by Gasteiger charge is -2.17. The molecule has 0 aliphatic carbocycles. The molecular weight excluding hydrogens is 342 g/mol. The van der Waals surface area contributed by atoms with Crippen LogP contribution in [0.3, 0.4) is 0 Å². The fourth-order valence-corrected chi connectivity index (χ4v) is 3.20. The van der Waals surface area contributed by atoms with Crippen LogP contribution >= 0.6 is 0 Å². The first kappa shape index (κ1) is 18.8. The number of carbonyl (C=O) groups excluding carboxylic acids is 3. The molecule has 27 heavy (non-hydrogen) atoms. The van der Waals surface area contributed by atoms with E-state index in [1.54, 1.807) is 36.1 Å². The van der Waals surface area contributed by atoms with E-state index >= 15 is 0 Å². The first-order valence-corrected chi connectivity index (χ1v) is 9.09. The summed E-state index contributed by atoms with van der Waals surface area (Å²) in [6.07, 6.45) is 0.528. The smallest absolute Gasteiger partial charge is 0.338 e. The SMILES string of the molecule is Cc1ccc(C)c(C(=O)[C@H](C)OC(=O)c2ccc(N3CCCC3=O)cc2)c1. The number of ketones is 1. The van der Waals surface area contributed by atoms with E-state index in [1.165, 1.54) is 0 Å². The van der Waals surface area contributed by atoms with Crippen molar-refractivity contribution in [3.8, 4) is 0 Å². The monoisotopic (exact) mass is 365 g/mol. The largest absolute Gasteiger partial charge is 0.451 e. The zero-order valence-corrected chi connectivity index (χ0v) is 15.8. The molecule has 1 saturated heterocycles. The molecule has 0 N–H and O–H groups in total.